The lowest BCUT2D eigenvalue weighted by Crippen LogP contribution is -2.37. The number of hydrogen-bond donors (Lipinski definition) is 3. The number of pyridine rings is 2. The number of rotatable bonds is 15. The van der Waals surface area contributed by atoms with Crippen LogP contribution in [0.15, 0.2) is 107 Å². The number of methoxy groups -OCH3 is 2. The minimum absolute atomic E-state index is 0. The molecule has 18 heteroatoms. The van der Waals surface area contributed by atoms with Crippen molar-refractivity contribution in [3.8, 4) is 11.5 Å². The van der Waals surface area contributed by atoms with Gasteiger partial charge >= 0.3 is 0 Å². The van der Waals surface area contributed by atoms with Gasteiger partial charge in [0.15, 0.2) is 11.6 Å². The first-order valence-corrected chi connectivity index (χ1v) is 27.0. The van der Waals surface area contributed by atoms with Crippen molar-refractivity contribution in [3.63, 3.8) is 0 Å². The van der Waals surface area contributed by atoms with E-state index in [1.54, 1.807) is 57.2 Å². The van der Waals surface area contributed by atoms with Crippen LogP contribution in [0, 0.1) is 39.5 Å². The van der Waals surface area contributed by atoms with Crippen molar-refractivity contribution in [1.82, 2.24) is 44.4 Å². The minimum Gasteiger partial charge on any atom is -0.496 e. The molecule has 412 valence electrons. The van der Waals surface area contributed by atoms with Crippen molar-refractivity contribution in [2.45, 2.75) is 105 Å². The fraction of sp³-hybridized carbons (Fsp3) is 0.400. The molecule has 0 amide bonds. The number of aryl methyl sites for hydroxylation is 2. The Morgan fingerprint density at radius 2 is 1.04 bits per heavy atom. The molecule has 0 saturated carbocycles. The molecule has 2 saturated heterocycles. The molecule has 2 aromatic carbocycles. The van der Waals surface area contributed by atoms with E-state index in [1.165, 1.54) is 0 Å². The largest absolute Gasteiger partial charge is 0.496 e. The lowest BCUT2D eigenvalue weighted by molar-refractivity contribution is 0.0975. The molecule has 10 rings (SSSR count). The van der Waals surface area contributed by atoms with Crippen molar-refractivity contribution in [2.75, 3.05) is 45.3 Å². The van der Waals surface area contributed by atoms with Crippen LogP contribution in [0.3, 0.4) is 0 Å². The molecule has 8 aromatic rings. The van der Waals surface area contributed by atoms with E-state index >= 15 is 0 Å². The van der Waals surface area contributed by atoms with Gasteiger partial charge in [-0.05, 0) is 153 Å². The molecule has 0 spiro atoms. The lowest BCUT2D eigenvalue weighted by Gasteiger charge is -2.36. The Morgan fingerprint density at radius 1 is 0.628 bits per heavy atom. The number of para-hydroxylation sites is 2. The van der Waals surface area contributed by atoms with Crippen LogP contribution in [0.4, 0.5) is 5.95 Å². The quantitative estimate of drug-likeness (QED) is 0.0650. The first kappa shape index (κ1) is 58.5. The van der Waals surface area contributed by atoms with Gasteiger partial charge in [-0.3, -0.25) is 19.2 Å². The van der Waals surface area contributed by atoms with Gasteiger partial charge in [-0.1, -0.05) is 36.4 Å². The van der Waals surface area contributed by atoms with Crippen molar-refractivity contribution >= 4 is 63.3 Å². The summed E-state index contributed by atoms with van der Waals surface area (Å²) in [5.74, 6) is 3.03. The summed E-state index contributed by atoms with van der Waals surface area (Å²) >= 11 is 5.32. The first-order valence-electron chi connectivity index (χ1n) is 26.6. The number of carbonyl (C=O) groups is 2. The minimum atomic E-state index is -0.199. The Hall–Kier alpha value is -7.14. The van der Waals surface area contributed by atoms with Crippen molar-refractivity contribution in [2.24, 2.45) is 11.8 Å². The summed E-state index contributed by atoms with van der Waals surface area (Å²) in [5.41, 5.74) is 7.87. The van der Waals surface area contributed by atoms with Crippen LogP contribution in [-0.4, -0.2) is 91.0 Å². The molecule has 8 heterocycles. The van der Waals surface area contributed by atoms with E-state index in [0.29, 0.717) is 58.6 Å². The van der Waals surface area contributed by atoms with Crippen LogP contribution in [0.25, 0.3) is 21.8 Å². The molecule has 0 bridgehead atoms. The van der Waals surface area contributed by atoms with Crippen LogP contribution >= 0.6 is 24.0 Å². The maximum atomic E-state index is 13.7. The Kier molecular flexibility index (Phi) is 20.2. The number of Topliss-reactive ketones (excluding diaryl/α,β-unsaturated/α-hetero) is 2. The van der Waals surface area contributed by atoms with E-state index in [-0.39, 0.29) is 54.0 Å². The fourth-order valence-corrected chi connectivity index (χ4v) is 11.7. The monoisotopic (exact) mass is 1100 g/mol. The summed E-state index contributed by atoms with van der Waals surface area (Å²) in [6.07, 6.45) is 12.3. The lowest BCUT2D eigenvalue weighted by atomic mass is 9.90. The molecule has 78 heavy (non-hydrogen) atoms. The van der Waals surface area contributed by atoms with Gasteiger partial charge in [0.2, 0.25) is 11.2 Å². The topological polar surface area (TPSA) is 195 Å². The number of benzene rings is 2. The Labute approximate surface area is 466 Å². The van der Waals surface area contributed by atoms with Gasteiger partial charge in [-0.25, -0.2) is 19.9 Å². The van der Waals surface area contributed by atoms with Gasteiger partial charge in [0.1, 0.15) is 11.5 Å². The number of nitrogens with zero attached hydrogens (tertiary/aromatic N) is 7. The van der Waals surface area contributed by atoms with E-state index in [2.05, 4.69) is 89.1 Å². The van der Waals surface area contributed by atoms with Crippen molar-refractivity contribution in [3.05, 3.63) is 169 Å². The fourth-order valence-electron chi connectivity index (χ4n) is 11.5. The third kappa shape index (κ3) is 13.2. The summed E-state index contributed by atoms with van der Waals surface area (Å²) in [6, 6.07) is 24.1. The SMILES string of the molecule is COc1cc(C)[nH]c(=O)c1CCC(=O)c1c(C)n(C(C)C2CCN(c3ncccn3)CC2)c2ccccc12.COc1cc(C)[nH]c(=O)c1CCC(=O)c1c(C)n(C(C)C2CCNCC2)c2ccccc12.Cl.Clc1ncccn1. The van der Waals surface area contributed by atoms with Crippen LogP contribution in [0.2, 0.25) is 5.28 Å². The highest BCUT2D eigenvalue weighted by Crippen LogP contribution is 2.38. The van der Waals surface area contributed by atoms with Crippen LogP contribution < -0.4 is 30.8 Å². The third-order valence-electron chi connectivity index (χ3n) is 15.4. The highest BCUT2D eigenvalue weighted by molar-refractivity contribution is 6.28. The molecule has 3 N–H and O–H groups in total. The molecule has 0 aliphatic carbocycles. The van der Waals surface area contributed by atoms with E-state index in [0.717, 1.165) is 114 Å². The molecule has 16 nitrogen and oxygen atoms in total. The molecule has 2 atom stereocenters. The number of ketones is 2. The number of H-pyrrole nitrogens is 2. The number of fused-ring (bicyclic) bond motifs is 2. The Morgan fingerprint density at radius 3 is 1.45 bits per heavy atom. The maximum Gasteiger partial charge on any atom is 0.255 e. The number of hydrogen-bond acceptors (Lipinski definition) is 12. The first-order chi connectivity index (χ1) is 37.2. The Balaban J connectivity index is 0.000000200. The number of ether oxygens (including phenoxy) is 2. The number of piperidine rings is 2. The second-order valence-corrected chi connectivity index (χ2v) is 20.5. The summed E-state index contributed by atoms with van der Waals surface area (Å²) in [4.78, 5) is 76.1. The summed E-state index contributed by atoms with van der Waals surface area (Å²) < 4.78 is 15.5. The molecule has 2 aliphatic heterocycles. The smallest absolute Gasteiger partial charge is 0.255 e. The van der Waals surface area contributed by atoms with E-state index < -0.39 is 0 Å². The summed E-state index contributed by atoms with van der Waals surface area (Å²) in [7, 11) is 3.11. The average molecular weight is 1100 g/mol. The zero-order chi connectivity index (χ0) is 54.8. The molecular weight excluding hydrogens is 1030 g/mol. The molecule has 2 fully saturated rings. The number of anilines is 1. The highest BCUT2D eigenvalue weighted by atomic mass is 35.5. The number of carbonyl (C=O) groups excluding carboxylic acids is 2. The van der Waals surface area contributed by atoms with Gasteiger partial charge in [0.05, 0.1) is 25.3 Å². The third-order valence-corrected chi connectivity index (χ3v) is 15.6. The van der Waals surface area contributed by atoms with E-state index in [9.17, 15) is 19.2 Å². The van der Waals surface area contributed by atoms with Gasteiger partial charge in [-0.2, -0.15) is 0 Å². The maximum absolute atomic E-state index is 13.7. The van der Waals surface area contributed by atoms with Crippen LogP contribution in [-0.2, 0) is 12.8 Å². The zero-order valence-electron chi connectivity index (χ0n) is 45.9. The van der Waals surface area contributed by atoms with Crippen molar-refractivity contribution < 1.29 is 19.1 Å². The van der Waals surface area contributed by atoms with Gasteiger partial charge < -0.3 is 38.8 Å². The van der Waals surface area contributed by atoms with E-state index in [1.807, 2.05) is 56.3 Å². The predicted octanol–water partition coefficient (Wildman–Crippen LogP) is 10.9. The standard InChI is InChI=1S/C30H35N5O3.C26H33N3O3.C4H3ClN2.ClH/c1-19-18-27(38-4)24(29(37)33-19)10-11-26(36)28-21(3)35(25-9-6-5-8-23(25)28)20(2)22-12-16-34(17-13-22)30-31-14-7-15-32-30;1-16-15-24(32-4)21(26(31)28-16)9-10-23(30)25-18(3)29(22-8-6-5-7-20(22)25)17(2)19-11-13-27-14-12-19;5-4-6-2-1-3-7-4;/h5-9,14-15,18,20,22H,10-13,16-17H2,1-4H3,(H,33,37);5-8,15,17,19,27H,9-14H2,1-4H3,(H,28,31);1-3H;1H. The van der Waals surface area contributed by atoms with Crippen molar-refractivity contribution in [1.29, 1.82) is 0 Å². The van der Waals surface area contributed by atoms with Crippen LogP contribution in [0.5, 0.6) is 11.5 Å². The second-order valence-electron chi connectivity index (χ2n) is 20.2. The summed E-state index contributed by atoms with van der Waals surface area (Å²) in [5, 5.41) is 5.71. The summed E-state index contributed by atoms with van der Waals surface area (Å²) in [6.45, 7) is 16.2. The number of halogens is 2. The normalized spacial score (nSPS) is 14.6. The van der Waals surface area contributed by atoms with Gasteiger partial charge in [0, 0.05) is 119 Å². The number of nitrogens with one attached hydrogen (secondary N) is 3. The van der Waals surface area contributed by atoms with E-state index in [4.69, 9.17) is 21.1 Å². The predicted molar refractivity (Wildman–Crippen MR) is 312 cm³/mol. The molecular formula is C60H72Cl2N10O6. The molecule has 2 unspecified atom stereocenters. The average Bonchev–Trinajstić information content (AvgIpc) is 4.07. The Bertz CT molecular complexity index is 3440. The second kappa shape index (κ2) is 27.0. The highest BCUT2D eigenvalue weighted by Gasteiger charge is 2.31. The van der Waals surface area contributed by atoms with Crippen LogP contribution in [0.1, 0.15) is 119 Å². The van der Waals surface area contributed by atoms with Gasteiger partial charge in [-0.15, -0.1) is 12.4 Å². The van der Waals surface area contributed by atoms with Gasteiger partial charge in [0.25, 0.3) is 11.1 Å². The molecule has 2 aliphatic rings. The zero-order valence-corrected chi connectivity index (χ0v) is 47.5. The number of aromatic nitrogens is 8. The molecule has 0 radical (unpaired) electrons. The molecule has 6 aromatic heterocycles. The number of aromatic amines is 2.